The Bertz CT molecular complexity index is 1120. The fourth-order valence-electron chi connectivity index (χ4n) is 5.63. The maximum atomic E-state index is 13.3. The van der Waals surface area contributed by atoms with Crippen LogP contribution in [0.3, 0.4) is 0 Å². The molecule has 0 bridgehead atoms. The summed E-state index contributed by atoms with van der Waals surface area (Å²) in [4.78, 5) is 18.4. The van der Waals surface area contributed by atoms with Crippen LogP contribution in [0.5, 0.6) is 5.75 Å². The summed E-state index contributed by atoms with van der Waals surface area (Å²) < 4.78 is 7.72. The summed E-state index contributed by atoms with van der Waals surface area (Å²) in [5.41, 5.74) is 5.01. The molecule has 1 amide bonds. The average molecular weight is 478 g/mol. The SMILES string of the molecule is COc1ccc(-c2nc(-c3cc(C(=O)NC4CCCCC4)c(C)n3C3CCCCC3)cs2)cc1. The molecule has 1 N–H and O–H groups in total. The van der Waals surface area contributed by atoms with Gasteiger partial charge in [-0.1, -0.05) is 38.5 Å². The molecule has 3 aromatic rings. The average Bonchev–Trinajstić information content (AvgIpc) is 3.50. The number of hydrogen-bond donors (Lipinski definition) is 1. The lowest BCUT2D eigenvalue weighted by Gasteiger charge is -2.27. The summed E-state index contributed by atoms with van der Waals surface area (Å²) in [6.07, 6.45) is 12.0. The Labute approximate surface area is 206 Å². The summed E-state index contributed by atoms with van der Waals surface area (Å²) in [6, 6.07) is 10.9. The van der Waals surface area contributed by atoms with Gasteiger partial charge >= 0.3 is 0 Å². The molecule has 2 aromatic heterocycles. The number of amides is 1. The molecule has 0 radical (unpaired) electrons. The van der Waals surface area contributed by atoms with Crippen molar-refractivity contribution in [3.8, 4) is 27.7 Å². The molecule has 34 heavy (non-hydrogen) atoms. The van der Waals surface area contributed by atoms with E-state index >= 15 is 0 Å². The molecular formula is C28H35N3O2S. The largest absolute Gasteiger partial charge is 0.497 e. The molecule has 2 heterocycles. The molecule has 6 heteroatoms. The number of carbonyl (C=O) groups excluding carboxylic acids is 1. The Balaban J connectivity index is 1.48. The van der Waals surface area contributed by atoms with Crippen molar-refractivity contribution in [1.82, 2.24) is 14.9 Å². The monoisotopic (exact) mass is 477 g/mol. The van der Waals surface area contributed by atoms with Crippen molar-refractivity contribution in [2.24, 2.45) is 0 Å². The first-order valence-electron chi connectivity index (χ1n) is 12.8. The fraction of sp³-hybridized carbons (Fsp3) is 0.500. The lowest BCUT2D eigenvalue weighted by atomic mass is 9.94. The predicted octanol–water partition coefficient (Wildman–Crippen LogP) is 7.16. The molecule has 2 saturated carbocycles. The zero-order valence-corrected chi connectivity index (χ0v) is 21.1. The molecule has 0 saturated heterocycles. The van der Waals surface area contributed by atoms with Crippen LogP contribution in [0.15, 0.2) is 35.7 Å². The Morgan fingerprint density at radius 1 is 1.03 bits per heavy atom. The first-order chi connectivity index (χ1) is 16.6. The van der Waals surface area contributed by atoms with Gasteiger partial charge in [-0.2, -0.15) is 0 Å². The molecule has 5 nitrogen and oxygen atoms in total. The Hall–Kier alpha value is -2.60. The van der Waals surface area contributed by atoms with Crippen molar-refractivity contribution in [2.75, 3.05) is 7.11 Å². The standard InChI is InChI=1S/C28H35N3O2S/c1-19-24(27(32)29-21-9-5-3-6-10-21)17-26(31(19)22-11-7-4-8-12-22)25-18-34-28(30-25)20-13-15-23(33-2)16-14-20/h13-18,21-22H,3-12H2,1-2H3,(H,29,32). The minimum absolute atomic E-state index is 0.0748. The van der Waals surface area contributed by atoms with Gasteiger partial charge in [0.25, 0.3) is 5.91 Å². The molecule has 2 aliphatic carbocycles. The molecule has 2 aliphatic rings. The van der Waals surface area contributed by atoms with E-state index in [2.05, 4.69) is 40.4 Å². The number of aromatic nitrogens is 2. The van der Waals surface area contributed by atoms with Crippen LogP contribution in [0.1, 0.15) is 86.3 Å². The lowest BCUT2D eigenvalue weighted by Crippen LogP contribution is -2.36. The van der Waals surface area contributed by atoms with Gasteiger partial charge < -0.3 is 14.6 Å². The van der Waals surface area contributed by atoms with Gasteiger partial charge in [-0.25, -0.2) is 4.98 Å². The first kappa shape index (κ1) is 23.2. The maximum absolute atomic E-state index is 13.3. The Morgan fingerprint density at radius 2 is 1.71 bits per heavy atom. The van der Waals surface area contributed by atoms with Crippen molar-refractivity contribution >= 4 is 17.2 Å². The predicted molar refractivity (Wildman–Crippen MR) is 139 cm³/mol. The van der Waals surface area contributed by atoms with Gasteiger partial charge in [0.05, 0.1) is 24.1 Å². The van der Waals surface area contributed by atoms with E-state index in [4.69, 9.17) is 9.72 Å². The van der Waals surface area contributed by atoms with E-state index < -0.39 is 0 Å². The minimum atomic E-state index is 0.0748. The van der Waals surface area contributed by atoms with Crippen molar-refractivity contribution in [1.29, 1.82) is 0 Å². The van der Waals surface area contributed by atoms with Crippen LogP contribution in [0, 0.1) is 6.92 Å². The zero-order chi connectivity index (χ0) is 23.5. The van der Waals surface area contributed by atoms with Gasteiger partial charge in [-0.15, -0.1) is 11.3 Å². The highest BCUT2D eigenvalue weighted by Crippen LogP contribution is 2.38. The van der Waals surface area contributed by atoms with Crippen LogP contribution < -0.4 is 10.1 Å². The highest BCUT2D eigenvalue weighted by atomic mass is 32.1. The number of nitrogens with one attached hydrogen (secondary N) is 1. The van der Waals surface area contributed by atoms with Crippen molar-refractivity contribution in [3.63, 3.8) is 0 Å². The number of ether oxygens (including phenoxy) is 1. The van der Waals surface area contributed by atoms with Crippen molar-refractivity contribution in [3.05, 3.63) is 47.0 Å². The number of nitrogens with zero attached hydrogens (tertiary/aromatic N) is 2. The summed E-state index contributed by atoms with van der Waals surface area (Å²) in [5, 5.41) is 6.45. The quantitative estimate of drug-likeness (QED) is 0.410. The maximum Gasteiger partial charge on any atom is 0.253 e. The molecule has 0 unspecified atom stereocenters. The van der Waals surface area contributed by atoms with Crippen LogP contribution in [-0.4, -0.2) is 28.6 Å². The second-order valence-electron chi connectivity index (χ2n) is 9.77. The third-order valence-corrected chi connectivity index (χ3v) is 8.41. The van der Waals surface area contributed by atoms with Crippen LogP contribution >= 0.6 is 11.3 Å². The lowest BCUT2D eigenvalue weighted by molar-refractivity contribution is 0.0927. The van der Waals surface area contributed by atoms with Crippen LogP contribution in [0.2, 0.25) is 0 Å². The normalized spacial score (nSPS) is 17.6. The van der Waals surface area contributed by atoms with Crippen molar-refractivity contribution < 1.29 is 9.53 Å². The van der Waals surface area contributed by atoms with E-state index in [0.717, 1.165) is 51.8 Å². The molecule has 0 atom stereocenters. The Kier molecular flexibility index (Phi) is 7.05. The van der Waals surface area contributed by atoms with E-state index in [9.17, 15) is 4.79 Å². The zero-order valence-electron chi connectivity index (χ0n) is 20.3. The first-order valence-corrected chi connectivity index (χ1v) is 13.6. The van der Waals surface area contributed by atoms with E-state index in [1.54, 1.807) is 18.4 Å². The summed E-state index contributed by atoms with van der Waals surface area (Å²) in [7, 11) is 1.68. The molecule has 0 aliphatic heterocycles. The third-order valence-electron chi connectivity index (χ3n) is 7.52. The summed E-state index contributed by atoms with van der Waals surface area (Å²) in [5.74, 6) is 0.918. The molecule has 2 fully saturated rings. The second kappa shape index (κ2) is 10.3. The van der Waals surface area contributed by atoms with E-state index in [1.807, 2.05) is 12.1 Å². The van der Waals surface area contributed by atoms with E-state index in [1.165, 1.54) is 51.4 Å². The number of benzene rings is 1. The van der Waals surface area contributed by atoms with Crippen LogP contribution in [0.25, 0.3) is 22.0 Å². The van der Waals surface area contributed by atoms with Gasteiger partial charge in [-0.05, 0) is 62.9 Å². The molecule has 1 aromatic carbocycles. The van der Waals surface area contributed by atoms with Gasteiger partial charge in [0.15, 0.2) is 0 Å². The third kappa shape index (κ3) is 4.78. The van der Waals surface area contributed by atoms with Gasteiger partial charge in [-0.3, -0.25) is 4.79 Å². The minimum Gasteiger partial charge on any atom is -0.497 e. The highest BCUT2D eigenvalue weighted by molar-refractivity contribution is 7.13. The second-order valence-corrected chi connectivity index (χ2v) is 10.6. The molecule has 180 valence electrons. The molecule has 5 rings (SSSR count). The van der Waals surface area contributed by atoms with Crippen LogP contribution in [-0.2, 0) is 0 Å². The Morgan fingerprint density at radius 3 is 2.38 bits per heavy atom. The number of rotatable bonds is 6. The number of thiazole rings is 1. The topological polar surface area (TPSA) is 56.1 Å². The molecule has 0 spiro atoms. The number of hydrogen-bond acceptors (Lipinski definition) is 4. The smallest absolute Gasteiger partial charge is 0.253 e. The number of methoxy groups -OCH3 is 1. The van der Waals surface area contributed by atoms with Crippen LogP contribution in [0.4, 0.5) is 0 Å². The van der Waals surface area contributed by atoms with Gasteiger partial charge in [0, 0.05) is 28.7 Å². The van der Waals surface area contributed by atoms with E-state index in [-0.39, 0.29) is 5.91 Å². The van der Waals surface area contributed by atoms with Gasteiger partial charge in [0.1, 0.15) is 10.8 Å². The molecular weight excluding hydrogens is 442 g/mol. The highest BCUT2D eigenvalue weighted by Gasteiger charge is 2.27. The fourth-order valence-corrected chi connectivity index (χ4v) is 6.45. The summed E-state index contributed by atoms with van der Waals surface area (Å²) >= 11 is 1.65. The van der Waals surface area contributed by atoms with Crippen molar-refractivity contribution in [2.45, 2.75) is 83.2 Å². The van der Waals surface area contributed by atoms with E-state index in [0.29, 0.717) is 12.1 Å². The van der Waals surface area contributed by atoms with Gasteiger partial charge in [0.2, 0.25) is 0 Å². The summed E-state index contributed by atoms with van der Waals surface area (Å²) in [6.45, 7) is 2.12. The number of carbonyl (C=O) groups is 1.